The van der Waals surface area contributed by atoms with E-state index in [1.54, 1.807) is 0 Å². The van der Waals surface area contributed by atoms with E-state index in [0.29, 0.717) is 0 Å². The molecular weight excluding hydrogens is 146 g/mol. The van der Waals surface area contributed by atoms with E-state index in [4.69, 9.17) is 0 Å². The number of rotatable bonds is 3. The van der Waals surface area contributed by atoms with Crippen LogP contribution in [0.25, 0.3) is 0 Å². The lowest BCUT2D eigenvalue weighted by atomic mass is 9.90. The van der Waals surface area contributed by atoms with Crippen LogP contribution in [0.3, 0.4) is 0 Å². The summed E-state index contributed by atoms with van der Waals surface area (Å²) in [6, 6.07) is 1.67. The second kappa shape index (κ2) is 3.78. The molecule has 0 bridgehead atoms. The van der Waals surface area contributed by atoms with Gasteiger partial charge in [0.05, 0.1) is 0 Å². The first-order valence-electron chi connectivity index (χ1n) is 5.62. The quantitative estimate of drug-likeness (QED) is 0.681. The summed E-state index contributed by atoms with van der Waals surface area (Å²) in [5.74, 6) is 0.991. The predicted molar refractivity (Wildman–Crippen MR) is 52.2 cm³/mol. The zero-order valence-corrected chi connectivity index (χ0v) is 8.18. The standard InChI is InChI=1S/C11H21N/c1-9(10-5-2-3-6-10)12-11-7-4-8-11/h9-12H,2-8H2,1H3. The zero-order chi connectivity index (χ0) is 8.39. The van der Waals surface area contributed by atoms with Crippen LogP contribution in [0.2, 0.25) is 0 Å². The van der Waals surface area contributed by atoms with E-state index in [2.05, 4.69) is 12.2 Å². The van der Waals surface area contributed by atoms with E-state index in [1.165, 1.54) is 44.9 Å². The van der Waals surface area contributed by atoms with Crippen LogP contribution >= 0.6 is 0 Å². The molecule has 0 aliphatic heterocycles. The van der Waals surface area contributed by atoms with Crippen molar-refractivity contribution >= 4 is 0 Å². The summed E-state index contributed by atoms with van der Waals surface area (Å²) in [6.07, 6.45) is 10.2. The Labute approximate surface area is 75.9 Å². The lowest BCUT2D eigenvalue weighted by Gasteiger charge is -2.32. The lowest BCUT2D eigenvalue weighted by Crippen LogP contribution is -2.43. The molecule has 2 rings (SSSR count). The average molecular weight is 167 g/mol. The maximum atomic E-state index is 3.76. The van der Waals surface area contributed by atoms with Gasteiger partial charge < -0.3 is 5.32 Å². The third-order valence-corrected chi connectivity index (χ3v) is 3.71. The monoisotopic (exact) mass is 167 g/mol. The van der Waals surface area contributed by atoms with Crippen LogP contribution in [0.5, 0.6) is 0 Å². The highest BCUT2D eigenvalue weighted by molar-refractivity contribution is 4.84. The van der Waals surface area contributed by atoms with Gasteiger partial charge in [0.25, 0.3) is 0 Å². The van der Waals surface area contributed by atoms with E-state index in [9.17, 15) is 0 Å². The van der Waals surface area contributed by atoms with Gasteiger partial charge in [-0.05, 0) is 38.5 Å². The molecule has 2 aliphatic carbocycles. The van der Waals surface area contributed by atoms with Crippen LogP contribution < -0.4 is 5.32 Å². The van der Waals surface area contributed by atoms with Crippen LogP contribution in [0.15, 0.2) is 0 Å². The van der Waals surface area contributed by atoms with Crippen molar-refractivity contribution in [1.82, 2.24) is 5.32 Å². The molecule has 0 amide bonds. The second-order valence-corrected chi connectivity index (χ2v) is 4.63. The van der Waals surface area contributed by atoms with Gasteiger partial charge in [-0.2, -0.15) is 0 Å². The summed E-state index contributed by atoms with van der Waals surface area (Å²) in [4.78, 5) is 0. The Bertz CT molecular complexity index is 134. The number of nitrogens with one attached hydrogen (secondary N) is 1. The summed E-state index contributed by atoms with van der Waals surface area (Å²) in [5, 5.41) is 3.76. The topological polar surface area (TPSA) is 12.0 Å². The molecule has 2 fully saturated rings. The molecule has 0 aromatic carbocycles. The minimum Gasteiger partial charge on any atom is -0.311 e. The molecule has 12 heavy (non-hydrogen) atoms. The van der Waals surface area contributed by atoms with Crippen molar-refractivity contribution in [3.05, 3.63) is 0 Å². The highest BCUT2D eigenvalue weighted by atomic mass is 15.0. The molecule has 0 aromatic rings. The number of hydrogen-bond acceptors (Lipinski definition) is 1. The van der Waals surface area contributed by atoms with Gasteiger partial charge in [-0.25, -0.2) is 0 Å². The molecule has 1 nitrogen and oxygen atoms in total. The van der Waals surface area contributed by atoms with E-state index >= 15 is 0 Å². The minimum atomic E-state index is 0.790. The van der Waals surface area contributed by atoms with Crippen molar-refractivity contribution in [3.8, 4) is 0 Å². The van der Waals surface area contributed by atoms with Gasteiger partial charge in [-0.1, -0.05) is 19.3 Å². The fraction of sp³-hybridized carbons (Fsp3) is 1.00. The van der Waals surface area contributed by atoms with Crippen LogP contribution in [0, 0.1) is 5.92 Å². The Morgan fingerprint density at radius 3 is 2.17 bits per heavy atom. The highest BCUT2D eigenvalue weighted by Crippen LogP contribution is 2.29. The SMILES string of the molecule is CC(NC1CCC1)C1CCCC1. The van der Waals surface area contributed by atoms with E-state index < -0.39 is 0 Å². The molecule has 0 heterocycles. The van der Waals surface area contributed by atoms with Gasteiger partial charge in [0, 0.05) is 12.1 Å². The van der Waals surface area contributed by atoms with Crippen molar-refractivity contribution in [2.45, 2.75) is 64.0 Å². The fourth-order valence-corrected chi connectivity index (χ4v) is 2.54. The first-order chi connectivity index (χ1) is 5.86. The molecule has 2 saturated carbocycles. The average Bonchev–Trinajstić information content (AvgIpc) is 2.47. The first-order valence-corrected chi connectivity index (χ1v) is 5.62. The van der Waals surface area contributed by atoms with E-state index in [-0.39, 0.29) is 0 Å². The van der Waals surface area contributed by atoms with Crippen molar-refractivity contribution in [2.24, 2.45) is 5.92 Å². The molecule has 0 spiro atoms. The second-order valence-electron chi connectivity index (χ2n) is 4.63. The van der Waals surface area contributed by atoms with Crippen LogP contribution in [0.1, 0.15) is 51.9 Å². The summed E-state index contributed by atoms with van der Waals surface area (Å²) < 4.78 is 0. The van der Waals surface area contributed by atoms with Gasteiger partial charge >= 0.3 is 0 Å². The molecule has 1 unspecified atom stereocenters. The van der Waals surface area contributed by atoms with Crippen molar-refractivity contribution in [2.75, 3.05) is 0 Å². The summed E-state index contributed by atoms with van der Waals surface area (Å²) in [5.41, 5.74) is 0. The van der Waals surface area contributed by atoms with E-state index in [1.807, 2.05) is 0 Å². The molecule has 0 aromatic heterocycles. The van der Waals surface area contributed by atoms with Crippen LogP contribution in [-0.2, 0) is 0 Å². The van der Waals surface area contributed by atoms with Crippen molar-refractivity contribution in [3.63, 3.8) is 0 Å². The van der Waals surface area contributed by atoms with Gasteiger partial charge in [0.15, 0.2) is 0 Å². The molecular formula is C11H21N. The molecule has 1 atom stereocenters. The molecule has 1 heteroatoms. The van der Waals surface area contributed by atoms with Crippen molar-refractivity contribution < 1.29 is 0 Å². The van der Waals surface area contributed by atoms with Gasteiger partial charge in [-0.15, -0.1) is 0 Å². The van der Waals surface area contributed by atoms with Gasteiger partial charge in [0.2, 0.25) is 0 Å². The summed E-state index contributed by atoms with van der Waals surface area (Å²) >= 11 is 0. The summed E-state index contributed by atoms with van der Waals surface area (Å²) in [6.45, 7) is 2.38. The predicted octanol–water partition coefficient (Wildman–Crippen LogP) is 2.71. The summed E-state index contributed by atoms with van der Waals surface area (Å²) in [7, 11) is 0. The minimum absolute atomic E-state index is 0.790. The third kappa shape index (κ3) is 1.82. The normalized spacial score (nSPS) is 28.8. The van der Waals surface area contributed by atoms with Crippen LogP contribution in [0.4, 0.5) is 0 Å². The molecule has 2 aliphatic rings. The molecule has 0 saturated heterocycles. The smallest absolute Gasteiger partial charge is 0.00696 e. The first kappa shape index (κ1) is 8.55. The lowest BCUT2D eigenvalue weighted by molar-refractivity contribution is 0.267. The van der Waals surface area contributed by atoms with Gasteiger partial charge in [-0.3, -0.25) is 0 Å². The van der Waals surface area contributed by atoms with Crippen LogP contribution in [-0.4, -0.2) is 12.1 Å². The highest BCUT2D eigenvalue weighted by Gasteiger charge is 2.25. The Hall–Kier alpha value is -0.0400. The molecule has 1 N–H and O–H groups in total. The number of hydrogen-bond donors (Lipinski definition) is 1. The van der Waals surface area contributed by atoms with Crippen molar-refractivity contribution in [1.29, 1.82) is 0 Å². The van der Waals surface area contributed by atoms with Gasteiger partial charge in [0.1, 0.15) is 0 Å². The Morgan fingerprint density at radius 1 is 1.00 bits per heavy atom. The Morgan fingerprint density at radius 2 is 1.67 bits per heavy atom. The largest absolute Gasteiger partial charge is 0.311 e. The Balaban J connectivity index is 1.71. The molecule has 70 valence electrons. The fourth-order valence-electron chi connectivity index (χ4n) is 2.54. The van der Waals surface area contributed by atoms with E-state index in [0.717, 1.165) is 18.0 Å². The third-order valence-electron chi connectivity index (χ3n) is 3.71. The maximum Gasteiger partial charge on any atom is 0.00696 e. The zero-order valence-electron chi connectivity index (χ0n) is 8.18. The maximum absolute atomic E-state index is 3.76. The molecule has 0 radical (unpaired) electrons. The Kier molecular flexibility index (Phi) is 2.69.